The minimum absolute atomic E-state index is 0.0283. The molecule has 1 aliphatic rings. The molecule has 1 aliphatic heterocycles. The van der Waals surface area contributed by atoms with Crippen molar-refractivity contribution < 1.29 is 9.59 Å². The summed E-state index contributed by atoms with van der Waals surface area (Å²) < 4.78 is 1.01. The number of benzene rings is 2. The van der Waals surface area contributed by atoms with Gasteiger partial charge in [0, 0.05) is 8.59 Å². The number of amides is 2. The lowest BCUT2D eigenvalue weighted by Crippen LogP contribution is -2.54. The Bertz CT molecular complexity index is 880. The van der Waals surface area contributed by atoms with Gasteiger partial charge in [-0.25, -0.2) is 0 Å². The second kappa shape index (κ2) is 7.00. The molecule has 3 rings (SSSR count). The van der Waals surface area contributed by atoms with Crippen LogP contribution < -0.4 is 10.2 Å². The van der Waals surface area contributed by atoms with Crippen LogP contribution in [0.2, 0.25) is 5.02 Å². The number of thiocarbonyl (C=S) groups is 1. The fourth-order valence-corrected chi connectivity index (χ4v) is 3.22. The zero-order chi connectivity index (χ0) is 17.3. The lowest BCUT2D eigenvalue weighted by Gasteiger charge is -2.28. The van der Waals surface area contributed by atoms with Crippen LogP contribution in [0, 0.1) is 3.57 Å². The van der Waals surface area contributed by atoms with Crippen molar-refractivity contribution in [3.8, 4) is 0 Å². The van der Waals surface area contributed by atoms with Gasteiger partial charge in [-0.2, -0.15) is 0 Å². The number of rotatable bonds is 2. The topological polar surface area (TPSA) is 49.4 Å². The van der Waals surface area contributed by atoms with Crippen LogP contribution in [0.25, 0.3) is 6.08 Å². The Kier molecular flexibility index (Phi) is 4.98. The molecule has 0 radical (unpaired) electrons. The molecular formula is C17H10ClIN2O2S. The largest absolute Gasteiger partial charge is 0.298 e. The second-order valence-electron chi connectivity index (χ2n) is 4.99. The van der Waals surface area contributed by atoms with Gasteiger partial charge in [0.15, 0.2) is 5.11 Å². The van der Waals surface area contributed by atoms with Gasteiger partial charge in [0.25, 0.3) is 11.8 Å². The molecule has 1 saturated heterocycles. The summed E-state index contributed by atoms with van der Waals surface area (Å²) in [5.41, 5.74) is 1.34. The molecule has 1 N–H and O–H groups in total. The zero-order valence-corrected chi connectivity index (χ0v) is 15.9. The first-order valence-electron chi connectivity index (χ1n) is 6.88. The molecular weight excluding hydrogens is 459 g/mol. The zero-order valence-electron chi connectivity index (χ0n) is 12.1. The molecule has 24 heavy (non-hydrogen) atoms. The van der Waals surface area contributed by atoms with E-state index in [0.717, 1.165) is 9.13 Å². The van der Waals surface area contributed by atoms with E-state index in [1.54, 1.807) is 30.3 Å². The Morgan fingerprint density at radius 3 is 2.50 bits per heavy atom. The fraction of sp³-hybridized carbons (Fsp3) is 0. The quantitative estimate of drug-likeness (QED) is 0.316. The summed E-state index contributed by atoms with van der Waals surface area (Å²) in [7, 11) is 0. The van der Waals surface area contributed by atoms with Crippen molar-refractivity contribution in [2.75, 3.05) is 4.90 Å². The highest BCUT2D eigenvalue weighted by molar-refractivity contribution is 14.1. The van der Waals surface area contributed by atoms with Crippen molar-refractivity contribution in [2.45, 2.75) is 0 Å². The van der Waals surface area contributed by atoms with Gasteiger partial charge < -0.3 is 0 Å². The molecule has 2 aromatic rings. The fourth-order valence-electron chi connectivity index (χ4n) is 2.25. The lowest BCUT2D eigenvalue weighted by atomic mass is 10.1. The van der Waals surface area contributed by atoms with Crippen LogP contribution >= 0.6 is 46.4 Å². The van der Waals surface area contributed by atoms with Crippen LogP contribution in [0.5, 0.6) is 0 Å². The van der Waals surface area contributed by atoms with Crippen LogP contribution in [0.3, 0.4) is 0 Å². The molecule has 0 saturated carbocycles. The SMILES string of the molecule is O=C1NC(=S)N(c2ccc(Cl)cc2)C(=O)C1=Cc1cccc(I)c1. The third kappa shape index (κ3) is 3.50. The van der Waals surface area contributed by atoms with E-state index < -0.39 is 11.8 Å². The Morgan fingerprint density at radius 2 is 1.83 bits per heavy atom. The van der Waals surface area contributed by atoms with E-state index >= 15 is 0 Å². The normalized spacial score (nSPS) is 16.5. The number of hydrogen-bond acceptors (Lipinski definition) is 3. The van der Waals surface area contributed by atoms with Crippen molar-refractivity contribution in [1.29, 1.82) is 0 Å². The van der Waals surface area contributed by atoms with Gasteiger partial charge in [-0.05, 0) is 82.8 Å². The van der Waals surface area contributed by atoms with Crippen LogP contribution in [-0.4, -0.2) is 16.9 Å². The van der Waals surface area contributed by atoms with Crippen LogP contribution in [-0.2, 0) is 9.59 Å². The third-order valence-electron chi connectivity index (χ3n) is 3.35. The van der Waals surface area contributed by atoms with Crippen molar-refractivity contribution in [2.24, 2.45) is 0 Å². The predicted molar refractivity (Wildman–Crippen MR) is 107 cm³/mol. The molecule has 120 valence electrons. The molecule has 0 unspecified atom stereocenters. The van der Waals surface area contributed by atoms with Gasteiger partial charge in [-0.1, -0.05) is 23.7 Å². The molecule has 0 bridgehead atoms. The van der Waals surface area contributed by atoms with Gasteiger partial charge in [0.05, 0.1) is 5.69 Å². The van der Waals surface area contributed by atoms with Gasteiger partial charge >= 0.3 is 0 Å². The van der Waals surface area contributed by atoms with E-state index in [2.05, 4.69) is 27.9 Å². The monoisotopic (exact) mass is 468 g/mol. The summed E-state index contributed by atoms with van der Waals surface area (Å²) in [6.45, 7) is 0. The van der Waals surface area contributed by atoms with Crippen molar-refractivity contribution >= 4 is 75.1 Å². The van der Waals surface area contributed by atoms with Crippen molar-refractivity contribution in [3.05, 3.63) is 68.3 Å². The standard InChI is InChI=1S/C17H10ClIN2O2S/c18-11-4-6-13(7-5-11)21-16(23)14(15(22)20-17(21)24)9-10-2-1-3-12(19)8-10/h1-9H,(H,20,22,24). The Hall–Kier alpha value is -1.77. The second-order valence-corrected chi connectivity index (χ2v) is 7.06. The summed E-state index contributed by atoms with van der Waals surface area (Å²) in [4.78, 5) is 26.3. The minimum Gasteiger partial charge on any atom is -0.298 e. The maximum absolute atomic E-state index is 12.8. The van der Waals surface area contributed by atoms with E-state index in [9.17, 15) is 9.59 Å². The van der Waals surface area contributed by atoms with Crippen LogP contribution in [0.15, 0.2) is 54.1 Å². The molecule has 7 heteroatoms. The molecule has 4 nitrogen and oxygen atoms in total. The molecule has 2 aromatic carbocycles. The maximum atomic E-state index is 12.8. The summed E-state index contributed by atoms with van der Waals surface area (Å²) in [6, 6.07) is 14.2. The van der Waals surface area contributed by atoms with Crippen molar-refractivity contribution in [3.63, 3.8) is 0 Å². The Labute approximate surface area is 162 Å². The van der Waals surface area contributed by atoms with Crippen LogP contribution in [0.4, 0.5) is 5.69 Å². The molecule has 1 fully saturated rings. The number of anilines is 1. The highest BCUT2D eigenvalue weighted by Crippen LogP contribution is 2.23. The summed E-state index contributed by atoms with van der Waals surface area (Å²) in [5.74, 6) is -0.973. The highest BCUT2D eigenvalue weighted by Gasteiger charge is 2.34. The number of nitrogens with one attached hydrogen (secondary N) is 1. The molecule has 2 amide bonds. The van der Waals surface area contributed by atoms with E-state index in [1.807, 2.05) is 24.3 Å². The van der Waals surface area contributed by atoms with Gasteiger partial charge in [-0.15, -0.1) is 0 Å². The highest BCUT2D eigenvalue weighted by atomic mass is 127. The third-order valence-corrected chi connectivity index (χ3v) is 4.55. The first kappa shape index (κ1) is 17.1. The van der Waals surface area contributed by atoms with E-state index in [-0.39, 0.29) is 10.7 Å². The average Bonchev–Trinajstić information content (AvgIpc) is 2.53. The Balaban J connectivity index is 2.01. The number of nitrogens with zero attached hydrogens (tertiary/aromatic N) is 1. The summed E-state index contributed by atoms with van der Waals surface area (Å²) in [5, 5.41) is 3.15. The van der Waals surface area contributed by atoms with Gasteiger partial charge in [-0.3, -0.25) is 19.8 Å². The Morgan fingerprint density at radius 1 is 1.12 bits per heavy atom. The van der Waals surface area contributed by atoms with Gasteiger partial charge in [0.1, 0.15) is 5.57 Å². The molecule has 0 aliphatic carbocycles. The number of carbonyl (C=O) groups excluding carboxylic acids is 2. The van der Waals surface area contributed by atoms with E-state index in [4.69, 9.17) is 23.8 Å². The van der Waals surface area contributed by atoms with Crippen molar-refractivity contribution in [1.82, 2.24) is 5.32 Å². The average molecular weight is 469 g/mol. The lowest BCUT2D eigenvalue weighted by molar-refractivity contribution is -0.122. The predicted octanol–water partition coefficient (Wildman–Crippen LogP) is 3.78. The first-order chi connectivity index (χ1) is 11.5. The number of hydrogen-bond donors (Lipinski definition) is 1. The molecule has 0 aromatic heterocycles. The minimum atomic E-state index is -0.505. The number of carbonyl (C=O) groups is 2. The summed E-state index contributed by atoms with van der Waals surface area (Å²) in [6.07, 6.45) is 1.56. The van der Waals surface area contributed by atoms with E-state index in [0.29, 0.717) is 10.7 Å². The van der Waals surface area contributed by atoms with Crippen LogP contribution in [0.1, 0.15) is 5.56 Å². The van der Waals surface area contributed by atoms with E-state index in [1.165, 1.54) is 4.90 Å². The molecule has 1 heterocycles. The number of halogens is 2. The smallest absolute Gasteiger partial charge is 0.270 e. The molecule has 0 atom stereocenters. The maximum Gasteiger partial charge on any atom is 0.270 e. The van der Waals surface area contributed by atoms with Gasteiger partial charge in [0.2, 0.25) is 0 Å². The first-order valence-corrected chi connectivity index (χ1v) is 8.75. The molecule has 0 spiro atoms. The summed E-state index contributed by atoms with van der Waals surface area (Å²) >= 11 is 13.2.